The average Bonchev–Trinajstić information content (AvgIpc) is 2.98. The highest BCUT2D eigenvalue weighted by molar-refractivity contribution is 5.13. The SMILES string of the molecule is CCCCCCCOC(CCCCCCCCCCCC=COCOCc1ccccc1)OCCCCCCC. The largest absolute Gasteiger partial charge is 0.475 e. The summed E-state index contributed by atoms with van der Waals surface area (Å²) < 4.78 is 23.2. The summed E-state index contributed by atoms with van der Waals surface area (Å²) in [6.07, 6.45) is 30.8. The van der Waals surface area contributed by atoms with Crippen molar-refractivity contribution < 1.29 is 18.9 Å². The Balaban J connectivity index is 1.93. The van der Waals surface area contributed by atoms with E-state index in [0.29, 0.717) is 13.4 Å². The summed E-state index contributed by atoms with van der Waals surface area (Å²) in [5.41, 5.74) is 1.17. The van der Waals surface area contributed by atoms with Crippen molar-refractivity contribution >= 4 is 0 Å². The van der Waals surface area contributed by atoms with E-state index in [4.69, 9.17) is 18.9 Å². The molecule has 1 rings (SSSR count). The van der Waals surface area contributed by atoms with Crippen LogP contribution in [0.1, 0.15) is 154 Å². The molecule has 0 aliphatic heterocycles. The smallest absolute Gasteiger partial charge is 0.188 e. The van der Waals surface area contributed by atoms with E-state index in [-0.39, 0.29) is 6.29 Å². The predicted octanol–water partition coefficient (Wildman–Crippen LogP) is 11.3. The Morgan fingerprint density at radius 2 is 1.12 bits per heavy atom. The van der Waals surface area contributed by atoms with Crippen LogP contribution in [0.15, 0.2) is 42.7 Å². The van der Waals surface area contributed by atoms with Gasteiger partial charge >= 0.3 is 0 Å². The van der Waals surface area contributed by atoms with Crippen LogP contribution < -0.4 is 0 Å². The van der Waals surface area contributed by atoms with E-state index in [2.05, 4.69) is 32.1 Å². The molecule has 0 fully saturated rings. The van der Waals surface area contributed by atoms with E-state index in [1.54, 1.807) is 6.26 Å². The minimum Gasteiger partial charge on any atom is -0.475 e. The Bertz CT molecular complexity index is 617. The van der Waals surface area contributed by atoms with Crippen LogP contribution >= 0.6 is 0 Å². The van der Waals surface area contributed by atoms with E-state index in [1.807, 2.05) is 18.2 Å². The molecular weight excluding hydrogens is 496 g/mol. The molecule has 0 amide bonds. The third-order valence-electron chi connectivity index (χ3n) is 7.37. The fraction of sp³-hybridized carbons (Fsp3) is 0.778. The summed E-state index contributed by atoms with van der Waals surface area (Å²) in [6.45, 7) is 7.15. The first-order valence-corrected chi connectivity index (χ1v) is 17.0. The van der Waals surface area contributed by atoms with Crippen molar-refractivity contribution in [3.63, 3.8) is 0 Å². The summed E-state index contributed by atoms with van der Waals surface area (Å²) in [6, 6.07) is 10.2. The number of rotatable bonds is 31. The number of unbranched alkanes of at least 4 members (excludes halogenated alkanes) is 17. The molecule has 40 heavy (non-hydrogen) atoms. The van der Waals surface area contributed by atoms with Gasteiger partial charge in [0.2, 0.25) is 0 Å². The molecule has 1 aromatic carbocycles. The Morgan fingerprint density at radius 3 is 1.73 bits per heavy atom. The van der Waals surface area contributed by atoms with Crippen molar-refractivity contribution in [2.45, 2.75) is 162 Å². The van der Waals surface area contributed by atoms with Crippen LogP contribution in [-0.2, 0) is 25.6 Å². The molecule has 0 radical (unpaired) electrons. The van der Waals surface area contributed by atoms with Gasteiger partial charge in [-0.05, 0) is 50.2 Å². The summed E-state index contributed by atoms with van der Waals surface area (Å²) >= 11 is 0. The summed E-state index contributed by atoms with van der Waals surface area (Å²) in [5.74, 6) is 0. The lowest BCUT2D eigenvalue weighted by Crippen LogP contribution is -2.19. The zero-order chi connectivity index (χ0) is 28.6. The van der Waals surface area contributed by atoms with Crippen molar-refractivity contribution in [3.05, 3.63) is 48.2 Å². The molecule has 0 aromatic heterocycles. The Hall–Kier alpha value is -1.36. The van der Waals surface area contributed by atoms with Crippen LogP contribution in [-0.4, -0.2) is 26.3 Å². The summed E-state index contributed by atoms with van der Waals surface area (Å²) in [5, 5.41) is 0. The minimum absolute atomic E-state index is 0.0126. The third kappa shape index (κ3) is 25.6. The first-order chi connectivity index (χ1) is 19.9. The van der Waals surface area contributed by atoms with Crippen molar-refractivity contribution in [1.82, 2.24) is 0 Å². The number of allylic oxidation sites excluding steroid dienone is 1. The number of ether oxygens (including phenoxy) is 4. The molecule has 0 bridgehead atoms. The third-order valence-corrected chi connectivity index (χ3v) is 7.37. The van der Waals surface area contributed by atoms with E-state index in [9.17, 15) is 0 Å². The second kappa shape index (κ2) is 30.6. The number of benzene rings is 1. The van der Waals surface area contributed by atoms with Gasteiger partial charge in [-0.1, -0.05) is 140 Å². The number of hydrogen-bond donors (Lipinski definition) is 0. The van der Waals surface area contributed by atoms with Crippen molar-refractivity contribution in [2.24, 2.45) is 0 Å². The lowest BCUT2D eigenvalue weighted by atomic mass is 10.1. The van der Waals surface area contributed by atoms with Gasteiger partial charge in [0.25, 0.3) is 0 Å². The Labute approximate surface area is 248 Å². The maximum atomic E-state index is 6.15. The van der Waals surface area contributed by atoms with Gasteiger partial charge in [-0.2, -0.15) is 0 Å². The van der Waals surface area contributed by atoms with Crippen molar-refractivity contribution in [2.75, 3.05) is 20.0 Å². The molecule has 4 heteroatoms. The standard InChI is InChI=1S/C36H64O4/c1-3-5-7-17-25-31-39-36(40-32-26-18-8-6-4-2)29-23-16-14-12-10-9-11-13-15-19-24-30-37-34-38-33-35-27-21-20-22-28-35/h20-22,24,27-28,30,36H,3-19,23,25-26,29,31-34H2,1-2H3. The summed E-state index contributed by atoms with van der Waals surface area (Å²) in [4.78, 5) is 0. The molecule has 0 aliphatic carbocycles. The molecule has 1 aromatic rings. The fourth-order valence-electron chi connectivity index (χ4n) is 4.82. The molecule has 232 valence electrons. The quantitative estimate of drug-likeness (QED) is 0.0514. The van der Waals surface area contributed by atoms with Gasteiger partial charge in [0.15, 0.2) is 13.1 Å². The second-order valence-corrected chi connectivity index (χ2v) is 11.2. The van der Waals surface area contributed by atoms with E-state index >= 15 is 0 Å². The van der Waals surface area contributed by atoms with Gasteiger partial charge < -0.3 is 18.9 Å². The van der Waals surface area contributed by atoms with Gasteiger partial charge in [-0.25, -0.2) is 0 Å². The van der Waals surface area contributed by atoms with E-state index in [0.717, 1.165) is 26.1 Å². The highest BCUT2D eigenvalue weighted by atomic mass is 16.7. The molecule has 0 spiro atoms. The second-order valence-electron chi connectivity index (χ2n) is 11.2. The lowest BCUT2D eigenvalue weighted by molar-refractivity contribution is -0.148. The van der Waals surface area contributed by atoms with Crippen LogP contribution in [0, 0.1) is 0 Å². The molecule has 0 aliphatic rings. The Kier molecular flexibility index (Phi) is 28.0. The van der Waals surface area contributed by atoms with Crippen LogP contribution in [0.25, 0.3) is 0 Å². The van der Waals surface area contributed by atoms with E-state index < -0.39 is 0 Å². The van der Waals surface area contributed by atoms with E-state index in [1.165, 1.54) is 128 Å². The fourth-order valence-corrected chi connectivity index (χ4v) is 4.82. The Morgan fingerprint density at radius 1 is 0.600 bits per heavy atom. The van der Waals surface area contributed by atoms with Gasteiger partial charge in [0, 0.05) is 13.2 Å². The molecule has 0 N–H and O–H groups in total. The van der Waals surface area contributed by atoms with Gasteiger partial charge in [0.05, 0.1) is 12.9 Å². The molecule has 0 atom stereocenters. The summed E-state index contributed by atoms with van der Waals surface area (Å²) in [7, 11) is 0. The molecule has 0 heterocycles. The zero-order valence-corrected chi connectivity index (χ0v) is 26.4. The normalized spacial score (nSPS) is 11.7. The first kappa shape index (κ1) is 36.7. The zero-order valence-electron chi connectivity index (χ0n) is 26.4. The average molecular weight is 561 g/mol. The van der Waals surface area contributed by atoms with Crippen LogP contribution in [0.2, 0.25) is 0 Å². The maximum absolute atomic E-state index is 6.15. The van der Waals surface area contributed by atoms with Gasteiger partial charge in [0.1, 0.15) is 0 Å². The van der Waals surface area contributed by atoms with Crippen molar-refractivity contribution in [3.8, 4) is 0 Å². The highest BCUT2D eigenvalue weighted by Gasteiger charge is 2.09. The first-order valence-electron chi connectivity index (χ1n) is 17.0. The molecule has 0 saturated carbocycles. The topological polar surface area (TPSA) is 36.9 Å². The minimum atomic E-state index is 0.0126. The monoisotopic (exact) mass is 560 g/mol. The van der Waals surface area contributed by atoms with Crippen molar-refractivity contribution in [1.29, 1.82) is 0 Å². The van der Waals surface area contributed by atoms with Crippen LogP contribution in [0.3, 0.4) is 0 Å². The highest BCUT2D eigenvalue weighted by Crippen LogP contribution is 2.15. The van der Waals surface area contributed by atoms with Gasteiger partial charge in [-0.3, -0.25) is 0 Å². The van der Waals surface area contributed by atoms with Crippen LogP contribution in [0.4, 0.5) is 0 Å². The molecular formula is C36H64O4. The maximum Gasteiger partial charge on any atom is 0.188 e. The number of hydrogen-bond acceptors (Lipinski definition) is 4. The van der Waals surface area contributed by atoms with Gasteiger partial charge in [-0.15, -0.1) is 0 Å². The molecule has 0 saturated heterocycles. The molecule has 0 unspecified atom stereocenters. The predicted molar refractivity (Wildman–Crippen MR) is 170 cm³/mol. The van der Waals surface area contributed by atoms with Crippen LogP contribution in [0.5, 0.6) is 0 Å². The molecule has 4 nitrogen and oxygen atoms in total. The lowest BCUT2D eigenvalue weighted by Gasteiger charge is -2.19.